The normalized spacial score (nSPS) is 27.4. The topological polar surface area (TPSA) is 27.7 Å². The van der Waals surface area contributed by atoms with Gasteiger partial charge in [0.15, 0.2) is 0 Å². The quantitative estimate of drug-likeness (QED) is 0.657. The monoisotopic (exact) mass is 238 g/mol. The molecule has 96 valence electrons. The van der Waals surface area contributed by atoms with Gasteiger partial charge >= 0.3 is 7.12 Å². The fourth-order valence-corrected chi connectivity index (χ4v) is 2.20. The SMILES string of the molecule is CC(B1OC(C)(C)C(C)(C)O1)=C1CCOCC1. The first-order valence-electron chi connectivity index (χ1n) is 6.45. The average Bonchev–Trinajstić information content (AvgIpc) is 2.48. The number of hydrogen-bond donors (Lipinski definition) is 0. The lowest BCUT2D eigenvalue weighted by atomic mass is 9.75. The van der Waals surface area contributed by atoms with Gasteiger partial charge in [0.2, 0.25) is 0 Å². The van der Waals surface area contributed by atoms with Gasteiger partial charge in [-0.05, 0) is 52.9 Å². The zero-order valence-corrected chi connectivity index (χ0v) is 11.6. The summed E-state index contributed by atoms with van der Waals surface area (Å²) in [7, 11) is -0.187. The lowest BCUT2D eigenvalue weighted by Crippen LogP contribution is -2.41. The zero-order valence-electron chi connectivity index (χ0n) is 11.6. The summed E-state index contributed by atoms with van der Waals surface area (Å²) in [5.74, 6) is 0. The molecule has 2 saturated heterocycles. The highest BCUT2D eigenvalue weighted by Crippen LogP contribution is 2.39. The van der Waals surface area contributed by atoms with Gasteiger partial charge in [-0.3, -0.25) is 0 Å². The maximum absolute atomic E-state index is 6.06. The third kappa shape index (κ3) is 2.44. The van der Waals surface area contributed by atoms with E-state index in [1.54, 1.807) is 0 Å². The second-order valence-corrected chi connectivity index (χ2v) is 5.99. The summed E-state index contributed by atoms with van der Waals surface area (Å²) < 4.78 is 17.5. The molecular formula is C13H23BO3. The van der Waals surface area contributed by atoms with Crippen LogP contribution < -0.4 is 0 Å². The van der Waals surface area contributed by atoms with Crippen molar-refractivity contribution >= 4 is 7.12 Å². The van der Waals surface area contributed by atoms with Crippen LogP contribution in [-0.2, 0) is 14.0 Å². The largest absolute Gasteiger partial charge is 0.490 e. The summed E-state index contributed by atoms with van der Waals surface area (Å²) in [6, 6.07) is 0. The third-order valence-corrected chi connectivity index (χ3v) is 4.26. The maximum atomic E-state index is 6.06. The Morgan fingerprint density at radius 2 is 1.47 bits per heavy atom. The van der Waals surface area contributed by atoms with Gasteiger partial charge in [-0.25, -0.2) is 0 Å². The minimum Gasteiger partial charge on any atom is -0.400 e. The summed E-state index contributed by atoms with van der Waals surface area (Å²) >= 11 is 0. The van der Waals surface area contributed by atoms with Crippen LogP contribution in [-0.4, -0.2) is 31.5 Å². The summed E-state index contributed by atoms with van der Waals surface area (Å²) in [5, 5.41) is 0. The Morgan fingerprint density at radius 3 is 1.94 bits per heavy atom. The van der Waals surface area contributed by atoms with Crippen molar-refractivity contribution in [1.29, 1.82) is 0 Å². The molecule has 4 heteroatoms. The van der Waals surface area contributed by atoms with Gasteiger partial charge in [0.1, 0.15) is 0 Å². The van der Waals surface area contributed by atoms with E-state index in [0.717, 1.165) is 26.1 Å². The smallest absolute Gasteiger partial charge is 0.400 e. The van der Waals surface area contributed by atoms with Crippen molar-refractivity contribution < 1.29 is 14.0 Å². The van der Waals surface area contributed by atoms with Crippen molar-refractivity contribution in [3.63, 3.8) is 0 Å². The highest BCUT2D eigenvalue weighted by atomic mass is 16.7. The van der Waals surface area contributed by atoms with Gasteiger partial charge in [-0.1, -0.05) is 5.57 Å². The molecule has 0 amide bonds. The Kier molecular flexibility index (Phi) is 3.41. The minimum atomic E-state index is -0.245. The molecule has 2 aliphatic heterocycles. The van der Waals surface area contributed by atoms with E-state index in [2.05, 4.69) is 34.6 Å². The first-order chi connectivity index (χ1) is 7.83. The molecule has 0 N–H and O–H groups in total. The van der Waals surface area contributed by atoms with Crippen molar-refractivity contribution in [2.75, 3.05) is 13.2 Å². The molecule has 0 aromatic carbocycles. The van der Waals surface area contributed by atoms with E-state index < -0.39 is 0 Å². The molecule has 0 bridgehead atoms. The van der Waals surface area contributed by atoms with Crippen LogP contribution in [0.4, 0.5) is 0 Å². The van der Waals surface area contributed by atoms with E-state index in [0.29, 0.717) is 0 Å². The van der Waals surface area contributed by atoms with E-state index in [4.69, 9.17) is 14.0 Å². The lowest BCUT2D eigenvalue weighted by Gasteiger charge is -2.32. The molecule has 0 spiro atoms. The van der Waals surface area contributed by atoms with Gasteiger partial charge in [0.05, 0.1) is 24.4 Å². The molecule has 0 unspecified atom stereocenters. The van der Waals surface area contributed by atoms with Crippen LogP contribution in [0.5, 0.6) is 0 Å². The fourth-order valence-electron chi connectivity index (χ4n) is 2.20. The molecule has 3 nitrogen and oxygen atoms in total. The predicted molar refractivity (Wildman–Crippen MR) is 68.8 cm³/mol. The van der Waals surface area contributed by atoms with Crippen molar-refractivity contribution in [3.05, 3.63) is 11.0 Å². The van der Waals surface area contributed by atoms with Gasteiger partial charge in [0.25, 0.3) is 0 Å². The van der Waals surface area contributed by atoms with Gasteiger partial charge in [-0.15, -0.1) is 0 Å². The molecule has 2 heterocycles. The Hall–Kier alpha value is -0.315. The van der Waals surface area contributed by atoms with Crippen molar-refractivity contribution in [3.8, 4) is 0 Å². The van der Waals surface area contributed by atoms with Crippen molar-refractivity contribution in [1.82, 2.24) is 0 Å². The third-order valence-electron chi connectivity index (χ3n) is 4.26. The van der Waals surface area contributed by atoms with E-state index in [1.807, 2.05) is 0 Å². The lowest BCUT2D eigenvalue weighted by molar-refractivity contribution is 0.00578. The Bertz CT molecular complexity index is 310. The predicted octanol–water partition coefficient (Wildman–Crippen LogP) is 2.74. The van der Waals surface area contributed by atoms with Crippen LogP contribution in [0, 0.1) is 0 Å². The van der Waals surface area contributed by atoms with E-state index in [-0.39, 0.29) is 18.3 Å². The summed E-state index contributed by atoms with van der Waals surface area (Å²) in [6.07, 6.45) is 2.02. The Balaban J connectivity index is 2.15. The second-order valence-electron chi connectivity index (χ2n) is 5.99. The summed E-state index contributed by atoms with van der Waals surface area (Å²) in [6.45, 7) is 12.1. The molecule has 0 aliphatic carbocycles. The van der Waals surface area contributed by atoms with Crippen LogP contribution >= 0.6 is 0 Å². The average molecular weight is 238 g/mol. The van der Waals surface area contributed by atoms with Crippen molar-refractivity contribution in [2.24, 2.45) is 0 Å². The van der Waals surface area contributed by atoms with Crippen LogP contribution in [0.15, 0.2) is 11.0 Å². The maximum Gasteiger partial charge on any atom is 0.490 e. The number of ether oxygens (including phenoxy) is 1. The van der Waals surface area contributed by atoms with Crippen LogP contribution in [0.3, 0.4) is 0 Å². The Labute approximate surface area is 105 Å². The molecule has 2 rings (SSSR count). The van der Waals surface area contributed by atoms with Gasteiger partial charge < -0.3 is 14.0 Å². The molecule has 0 aromatic heterocycles. The molecule has 0 radical (unpaired) electrons. The van der Waals surface area contributed by atoms with E-state index in [9.17, 15) is 0 Å². The highest BCUT2D eigenvalue weighted by molar-refractivity contribution is 6.54. The minimum absolute atomic E-state index is 0.187. The van der Waals surface area contributed by atoms with Gasteiger partial charge in [-0.2, -0.15) is 0 Å². The van der Waals surface area contributed by atoms with Crippen LogP contribution in [0.1, 0.15) is 47.5 Å². The Morgan fingerprint density at radius 1 is 1.00 bits per heavy atom. The first kappa shape index (κ1) is 13.1. The summed E-state index contributed by atoms with van der Waals surface area (Å²) in [5.41, 5.74) is 2.19. The molecule has 0 saturated carbocycles. The number of rotatable bonds is 1. The van der Waals surface area contributed by atoms with E-state index >= 15 is 0 Å². The second kappa shape index (κ2) is 4.41. The molecular weight excluding hydrogens is 215 g/mol. The molecule has 2 fully saturated rings. The molecule has 17 heavy (non-hydrogen) atoms. The zero-order chi connectivity index (χ0) is 12.7. The fraction of sp³-hybridized carbons (Fsp3) is 0.846. The first-order valence-corrected chi connectivity index (χ1v) is 6.45. The molecule has 0 atom stereocenters. The van der Waals surface area contributed by atoms with Gasteiger partial charge in [0, 0.05) is 0 Å². The number of allylic oxidation sites excluding steroid dienone is 1. The van der Waals surface area contributed by atoms with Crippen molar-refractivity contribution in [2.45, 2.75) is 58.7 Å². The van der Waals surface area contributed by atoms with Crippen LogP contribution in [0.25, 0.3) is 0 Å². The molecule has 0 aromatic rings. The van der Waals surface area contributed by atoms with Crippen LogP contribution in [0.2, 0.25) is 0 Å². The summed E-state index contributed by atoms with van der Waals surface area (Å²) in [4.78, 5) is 0. The standard InChI is InChI=1S/C13H23BO3/c1-10(11-6-8-15-9-7-11)14-16-12(2,3)13(4,5)17-14/h6-9H2,1-5H3. The van der Waals surface area contributed by atoms with E-state index in [1.165, 1.54) is 11.0 Å². The number of hydrogen-bond acceptors (Lipinski definition) is 3. The highest BCUT2D eigenvalue weighted by Gasteiger charge is 2.51. The molecule has 2 aliphatic rings.